The molecule has 3 heteroatoms. The standard InChI is InChI=1S/C16H32N2O/c1-15(2)11-18(12-16(3,4)19-15)10-9-13-7-6-8-14(13)17-5/h13-14,17H,6-12H2,1-5H3. The van der Waals surface area contributed by atoms with Gasteiger partial charge in [-0.15, -0.1) is 0 Å². The average molecular weight is 268 g/mol. The zero-order valence-electron chi connectivity index (χ0n) is 13.5. The predicted octanol–water partition coefficient (Wildman–Crippen LogP) is 2.65. The third kappa shape index (κ3) is 4.17. The summed E-state index contributed by atoms with van der Waals surface area (Å²) < 4.78 is 6.15. The van der Waals surface area contributed by atoms with Crippen molar-refractivity contribution < 1.29 is 4.74 Å². The maximum Gasteiger partial charge on any atom is 0.0760 e. The molecular formula is C16H32N2O. The second kappa shape index (κ2) is 5.71. The van der Waals surface area contributed by atoms with Crippen LogP contribution in [0.2, 0.25) is 0 Å². The fraction of sp³-hybridized carbons (Fsp3) is 1.00. The van der Waals surface area contributed by atoms with Crippen LogP contribution >= 0.6 is 0 Å². The van der Waals surface area contributed by atoms with Crippen molar-refractivity contribution in [1.29, 1.82) is 0 Å². The van der Waals surface area contributed by atoms with E-state index in [0.29, 0.717) is 0 Å². The number of morpholine rings is 1. The molecule has 112 valence electrons. The number of rotatable bonds is 4. The topological polar surface area (TPSA) is 24.5 Å². The average Bonchev–Trinajstić information content (AvgIpc) is 2.69. The first kappa shape index (κ1) is 15.3. The fourth-order valence-electron chi connectivity index (χ4n) is 4.21. The van der Waals surface area contributed by atoms with Gasteiger partial charge in [-0.3, -0.25) is 4.90 Å². The molecule has 0 amide bonds. The highest BCUT2D eigenvalue weighted by atomic mass is 16.5. The van der Waals surface area contributed by atoms with Gasteiger partial charge in [-0.05, 0) is 66.5 Å². The number of ether oxygens (including phenoxy) is 1. The maximum atomic E-state index is 6.15. The summed E-state index contributed by atoms with van der Waals surface area (Å²) in [7, 11) is 2.12. The highest BCUT2D eigenvalue weighted by molar-refractivity contribution is 4.90. The Labute approximate surface area is 119 Å². The number of nitrogens with one attached hydrogen (secondary N) is 1. The van der Waals surface area contributed by atoms with E-state index in [-0.39, 0.29) is 11.2 Å². The Kier molecular flexibility index (Phi) is 4.59. The summed E-state index contributed by atoms with van der Waals surface area (Å²) >= 11 is 0. The first-order valence-electron chi connectivity index (χ1n) is 7.91. The SMILES string of the molecule is CNC1CCCC1CCN1CC(C)(C)OC(C)(C)C1. The van der Waals surface area contributed by atoms with Crippen LogP contribution < -0.4 is 5.32 Å². The lowest BCUT2D eigenvalue weighted by Gasteiger charge is -2.47. The molecule has 0 spiro atoms. The molecule has 2 fully saturated rings. The minimum absolute atomic E-state index is 0.0141. The Morgan fingerprint density at radius 3 is 2.32 bits per heavy atom. The first-order chi connectivity index (χ1) is 8.81. The van der Waals surface area contributed by atoms with Crippen molar-refractivity contribution in [2.45, 2.75) is 70.6 Å². The molecule has 0 aromatic carbocycles. The quantitative estimate of drug-likeness (QED) is 0.848. The summed E-state index contributed by atoms with van der Waals surface area (Å²) in [6, 6.07) is 0.752. The van der Waals surface area contributed by atoms with Crippen molar-refractivity contribution in [2.24, 2.45) is 5.92 Å². The van der Waals surface area contributed by atoms with Crippen LogP contribution in [0.15, 0.2) is 0 Å². The lowest BCUT2D eigenvalue weighted by atomic mass is 9.96. The molecule has 1 N–H and O–H groups in total. The summed E-state index contributed by atoms with van der Waals surface area (Å²) in [5.41, 5.74) is -0.0281. The molecule has 0 radical (unpaired) electrons. The van der Waals surface area contributed by atoms with Crippen LogP contribution in [0.5, 0.6) is 0 Å². The third-order valence-electron chi connectivity index (χ3n) is 4.61. The van der Waals surface area contributed by atoms with Gasteiger partial charge in [0.2, 0.25) is 0 Å². The van der Waals surface area contributed by atoms with Gasteiger partial charge in [0.15, 0.2) is 0 Å². The van der Waals surface area contributed by atoms with E-state index in [9.17, 15) is 0 Å². The Hall–Kier alpha value is -0.120. The van der Waals surface area contributed by atoms with Crippen LogP contribution in [0.3, 0.4) is 0 Å². The summed E-state index contributed by atoms with van der Waals surface area (Å²) in [5, 5.41) is 3.49. The number of hydrogen-bond donors (Lipinski definition) is 1. The molecule has 2 unspecified atom stereocenters. The highest BCUT2D eigenvalue weighted by Gasteiger charge is 2.38. The Morgan fingerprint density at radius 2 is 1.74 bits per heavy atom. The summed E-state index contributed by atoms with van der Waals surface area (Å²) in [4.78, 5) is 2.61. The summed E-state index contributed by atoms with van der Waals surface area (Å²) in [6.45, 7) is 12.2. The van der Waals surface area contributed by atoms with Crippen molar-refractivity contribution in [3.63, 3.8) is 0 Å². The Balaban J connectivity index is 1.85. The van der Waals surface area contributed by atoms with E-state index in [1.54, 1.807) is 0 Å². The zero-order chi connectivity index (χ0) is 14.1. The van der Waals surface area contributed by atoms with Gasteiger partial charge < -0.3 is 10.1 Å². The van der Waals surface area contributed by atoms with Crippen LogP contribution in [-0.4, -0.2) is 48.8 Å². The first-order valence-corrected chi connectivity index (χ1v) is 7.91. The second-order valence-corrected chi connectivity index (χ2v) is 7.71. The van der Waals surface area contributed by atoms with Gasteiger partial charge in [0.25, 0.3) is 0 Å². The largest absolute Gasteiger partial charge is 0.367 e. The normalized spacial score (nSPS) is 34.6. The van der Waals surface area contributed by atoms with Crippen LogP contribution in [0.1, 0.15) is 53.4 Å². The monoisotopic (exact) mass is 268 g/mol. The van der Waals surface area contributed by atoms with E-state index < -0.39 is 0 Å². The zero-order valence-corrected chi connectivity index (χ0v) is 13.5. The molecule has 0 aromatic heterocycles. The molecule has 1 aliphatic heterocycles. The highest BCUT2D eigenvalue weighted by Crippen LogP contribution is 2.31. The van der Waals surface area contributed by atoms with Crippen molar-refractivity contribution in [2.75, 3.05) is 26.7 Å². The second-order valence-electron chi connectivity index (χ2n) is 7.71. The maximum absolute atomic E-state index is 6.15. The fourth-order valence-corrected chi connectivity index (χ4v) is 4.21. The third-order valence-corrected chi connectivity index (χ3v) is 4.61. The van der Waals surface area contributed by atoms with Crippen LogP contribution in [0.25, 0.3) is 0 Å². The molecule has 1 heterocycles. The number of hydrogen-bond acceptors (Lipinski definition) is 3. The van der Waals surface area contributed by atoms with Crippen molar-refractivity contribution in [3.8, 4) is 0 Å². The van der Waals surface area contributed by atoms with Crippen LogP contribution in [0.4, 0.5) is 0 Å². The van der Waals surface area contributed by atoms with E-state index in [2.05, 4.69) is 45.0 Å². The molecule has 2 aliphatic rings. The molecule has 19 heavy (non-hydrogen) atoms. The minimum Gasteiger partial charge on any atom is -0.367 e. The minimum atomic E-state index is -0.0141. The molecule has 1 aliphatic carbocycles. The van der Waals surface area contributed by atoms with E-state index >= 15 is 0 Å². The van der Waals surface area contributed by atoms with Gasteiger partial charge in [-0.2, -0.15) is 0 Å². The van der Waals surface area contributed by atoms with Crippen LogP contribution in [-0.2, 0) is 4.74 Å². The Bertz CT molecular complexity index is 285. The van der Waals surface area contributed by atoms with Crippen LogP contribution in [0, 0.1) is 5.92 Å². The molecule has 1 saturated carbocycles. The van der Waals surface area contributed by atoms with Crippen molar-refractivity contribution in [1.82, 2.24) is 10.2 Å². The molecule has 2 atom stereocenters. The lowest BCUT2D eigenvalue weighted by Crippen LogP contribution is -2.57. The lowest BCUT2D eigenvalue weighted by molar-refractivity contribution is -0.180. The molecule has 0 aromatic rings. The summed E-state index contributed by atoms with van der Waals surface area (Å²) in [5.74, 6) is 0.874. The molecule has 1 saturated heterocycles. The van der Waals surface area contributed by atoms with Gasteiger partial charge in [-0.25, -0.2) is 0 Å². The molecule has 0 bridgehead atoms. The molecule has 2 rings (SSSR count). The van der Waals surface area contributed by atoms with E-state index in [1.807, 2.05) is 0 Å². The van der Waals surface area contributed by atoms with Gasteiger partial charge in [0.05, 0.1) is 11.2 Å². The molecule has 3 nitrogen and oxygen atoms in total. The molecular weight excluding hydrogens is 236 g/mol. The van der Waals surface area contributed by atoms with Crippen molar-refractivity contribution >= 4 is 0 Å². The van der Waals surface area contributed by atoms with Gasteiger partial charge >= 0.3 is 0 Å². The van der Waals surface area contributed by atoms with E-state index in [0.717, 1.165) is 25.0 Å². The van der Waals surface area contributed by atoms with E-state index in [4.69, 9.17) is 4.74 Å². The van der Waals surface area contributed by atoms with Gasteiger partial charge in [0, 0.05) is 19.1 Å². The van der Waals surface area contributed by atoms with E-state index in [1.165, 1.54) is 32.2 Å². The van der Waals surface area contributed by atoms with Gasteiger partial charge in [0.1, 0.15) is 0 Å². The predicted molar refractivity (Wildman–Crippen MR) is 80.5 cm³/mol. The number of nitrogens with zero attached hydrogens (tertiary/aromatic N) is 1. The summed E-state index contributed by atoms with van der Waals surface area (Å²) in [6.07, 6.45) is 5.50. The smallest absolute Gasteiger partial charge is 0.0760 e. The van der Waals surface area contributed by atoms with Crippen molar-refractivity contribution in [3.05, 3.63) is 0 Å². The van der Waals surface area contributed by atoms with Gasteiger partial charge in [-0.1, -0.05) is 6.42 Å². The Morgan fingerprint density at radius 1 is 1.11 bits per heavy atom.